The highest BCUT2D eigenvalue weighted by molar-refractivity contribution is 7.89. The summed E-state index contributed by atoms with van der Waals surface area (Å²) in [5.74, 6) is 0.618. The number of anilines is 3. The predicted octanol–water partition coefficient (Wildman–Crippen LogP) is 1.67. The number of methoxy groups -OCH3 is 1. The largest absolute Gasteiger partial charge is 0.495 e. The minimum atomic E-state index is -3.78. The van der Waals surface area contributed by atoms with E-state index in [9.17, 15) is 8.42 Å². The molecule has 2 rings (SSSR count). The second-order valence-corrected chi connectivity index (χ2v) is 5.68. The van der Waals surface area contributed by atoms with Crippen molar-refractivity contribution in [3.05, 3.63) is 42.5 Å². The van der Waals surface area contributed by atoms with Crippen molar-refractivity contribution in [3.63, 3.8) is 0 Å². The van der Waals surface area contributed by atoms with E-state index >= 15 is 0 Å². The second-order valence-electron chi connectivity index (χ2n) is 4.12. The zero-order valence-electron chi connectivity index (χ0n) is 10.8. The molecule has 0 atom stereocenters. The van der Waals surface area contributed by atoms with Crippen LogP contribution in [0.4, 0.5) is 17.1 Å². The molecule has 6 nitrogen and oxygen atoms in total. The molecule has 0 aliphatic heterocycles. The topological polar surface area (TPSA) is 107 Å². The highest BCUT2D eigenvalue weighted by atomic mass is 32.2. The lowest BCUT2D eigenvalue weighted by atomic mass is 10.2. The van der Waals surface area contributed by atoms with Gasteiger partial charge in [0.05, 0.1) is 29.1 Å². The Bertz CT molecular complexity index is 729. The zero-order valence-corrected chi connectivity index (χ0v) is 11.6. The number of sulfonamides is 1. The Hall–Kier alpha value is -2.25. The molecule has 0 bridgehead atoms. The van der Waals surface area contributed by atoms with Gasteiger partial charge in [0.25, 0.3) is 0 Å². The summed E-state index contributed by atoms with van der Waals surface area (Å²) in [5, 5.41) is 8.14. The van der Waals surface area contributed by atoms with Crippen molar-refractivity contribution >= 4 is 27.1 Å². The summed E-state index contributed by atoms with van der Waals surface area (Å²) in [5.41, 5.74) is 7.36. The Labute approximate surface area is 117 Å². The Morgan fingerprint density at radius 3 is 2.45 bits per heavy atom. The first-order valence-electron chi connectivity index (χ1n) is 5.74. The molecule has 20 heavy (non-hydrogen) atoms. The van der Waals surface area contributed by atoms with E-state index in [1.165, 1.54) is 18.2 Å². The number of primary sulfonamides is 1. The number of benzene rings is 2. The van der Waals surface area contributed by atoms with Gasteiger partial charge in [-0.2, -0.15) is 0 Å². The molecule has 0 spiro atoms. The van der Waals surface area contributed by atoms with Gasteiger partial charge < -0.3 is 15.8 Å². The molecule has 0 aliphatic carbocycles. The van der Waals surface area contributed by atoms with E-state index in [0.29, 0.717) is 22.8 Å². The van der Waals surface area contributed by atoms with Gasteiger partial charge >= 0.3 is 0 Å². The molecule has 0 radical (unpaired) electrons. The average Bonchev–Trinajstić information content (AvgIpc) is 2.40. The fraction of sp³-hybridized carbons (Fsp3) is 0.0769. The highest BCUT2D eigenvalue weighted by Gasteiger charge is 2.11. The molecule has 0 fully saturated rings. The third kappa shape index (κ3) is 3.01. The second kappa shape index (κ2) is 5.40. The molecular weight excluding hydrogens is 278 g/mol. The molecule has 0 saturated heterocycles. The van der Waals surface area contributed by atoms with Crippen LogP contribution in [0.1, 0.15) is 0 Å². The summed E-state index contributed by atoms with van der Waals surface area (Å²) in [4.78, 5) is -0.0101. The molecule has 0 saturated carbocycles. The summed E-state index contributed by atoms with van der Waals surface area (Å²) >= 11 is 0. The summed E-state index contributed by atoms with van der Waals surface area (Å²) in [6.07, 6.45) is 0. The molecular formula is C13H15N3O3S. The van der Waals surface area contributed by atoms with Crippen molar-refractivity contribution in [2.24, 2.45) is 5.14 Å². The maximum absolute atomic E-state index is 11.4. The summed E-state index contributed by atoms with van der Waals surface area (Å²) in [6, 6.07) is 11.5. The van der Waals surface area contributed by atoms with Gasteiger partial charge in [-0.05, 0) is 30.3 Å². The molecule has 0 unspecified atom stereocenters. The number of hydrogen-bond acceptors (Lipinski definition) is 5. The smallest absolute Gasteiger partial charge is 0.238 e. The van der Waals surface area contributed by atoms with E-state index in [4.69, 9.17) is 15.6 Å². The van der Waals surface area contributed by atoms with Crippen LogP contribution >= 0.6 is 0 Å². The number of nitrogen functional groups attached to an aromatic ring is 1. The molecule has 2 aromatic carbocycles. The predicted molar refractivity (Wildman–Crippen MR) is 78.5 cm³/mol. The lowest BCUT2D eigenvalue weighted by molar-refractivity contribution is 0.417. The lowest BCUT2D eigenvalue weighted by Crippen LogP contribution is -2.12. The van der Waals surface area contributed by atoms with Gasteiger partial charge in [0.15, 0.2) is 0 Å². The van der Waals surface area contributed by atoms with Gasteiger partial charge in [-0.3, -0.25) is 0 Å². The number of hydrogen-bond donors (Lipinski definition) is 3. The molecule has 2 aromatic rings. The van der Waals surface area contributed by atoms with E-state index in [1.54, 1.807) is 19.2 Å². The number of ether oxygens (including phenoxy) is 1. The zero-order chi connectivity index (χ0) is 14.8. The standard InChI is InChI=1S/C13H15N3O3S/c1-19-13-5-3-2-4-11(13)16-12-8-9(20(15,17)18)6-7-10(12)14/h2-8,16H,14H2,1H3,(H2,15,17,18). The van der Waals surface area contributed by atoms with Crippen molar-refractivity contribution in [3.8, 4) is 5.75 Å². The van der Waals surface area contributed by atoms with Gasteiger partial charge in [-0.25, -0.2) is 13.6 Å². The fourth-order valence-corrected chi connectivity index (χ4v) is 2.25. The van der Waals surface area contributed by atoms with Crippen LogP contribution in [0.15, 0.2) is 47.4 Å². The van der Waals surface area contributed by atoms with Crippen LogP contribution in [-0.2, 0) is 10.0 Å². The maximum Gasteiger partial charge on any atom is 0.238 e. The van der Waals surface area contributed by atoms with Crippen molar-refractivity contribution in [2.75, 3.05) is 18.2 Å². The van der Waals surface area contributed by atoms with E-state index in [-0.39, 0.29) is 4.90 Å². The first-order valence-corrected chi connectivity index (χ1v) is 7.29. The van der Waals surface area contributed by atoms with Crippen LogP contribution < -0.4 is 20.9 Å². The van der Waals surface area contributed by atoms with Crippen LogP contribution in [-0.4, -0.2) is 15.5 Å². The molecule has 0 aliphatic rings. The summed E-state index contributed by atoms with van der Waals surface area (Å²) in [6.45, 7) is 0. The first kappa shape index (κ1) is 14.2. The van der Waals surface area contributed by atoms with Gasteiger partial charge in [0.2, 0.25) is 10.0 Å². The van der Waals surface area contributed by atoms with E-state index in [2.05, 4.69) is 5.32 Å². The minimum absolute atomic E-state index is 0.0101. The highest BCUT2D eigenvalue weighted by Crippen LogP contribution is 2.30. The van der Waals surface area contributed by atoms with Crippen molar-refractivity contribution in [1.82, 2.24) is 0 Å². The normalized spacial score (nSPS) is 11.1. The maximum atomic E-state index is 11.4. The number of rotatable bonds is 4. The minimum Gasteiger partial charge on any atom is -0.495 e. The fourth-order valence-electron chi connectivity index (χ4n) is 1.71. The molecule has 106 valence electrons. The summed E-state index contributed by atoms with van der Waals surface area (Å²) < 4.78 is 27.9. The van der Waals surface area contributed by atoms with Crippen LogP contribution in [0.2, 0.25) is 0 Å². The van der Waals surface area contributed by atoms with E-state index in [0.717, 1.165) is 0 Å². The Morgan fingerprint density at radius 1 is 1.10 bits per heavy atom. The SMILES string of the molecule is COc1ccccc1Nc1cc(S(N)(=O)=O)ccc1N. The third-order valence-electron chi connectivity index (χ3n) is 2.73. The van der Waals surface area contributed by atoms with Gasteiger partial charge in [-0.1, -0.05) is 12.1 Å². The molecule has 0 heterocycles. The van der Waals surface area contributed by atoms with Crippen LogP contribution in [0.25, 0.3) is 0 Å². The average molecular weight is 293 g/mol. The molecule has 0 amide bonds. The summed E-state index contributed by atoms with van der Waals surface area (Å²) in [7, 11) is -2.23. The van der Waals surface area contributed by atoms with Gasteiger partial charge in [0, 0.05) is 0 Å². The molecule has 5 N–H and O–H groups in total. The number of para-hydroxylation sites is 2. The number of nitrogens with two attached hydrogens (primary N) is 2. The lowest BCUT2D eigenvalue weighted by Gasteiger charge is -2.13. The van der Waals surface area contributed by atoms with Crippen LogP contribution in [0.5, 0.6) is 5.75 Å². The van der Waals surface area contributed by atoms with E-state index in [1.807, 2.05) is 12.1 Å². The Balaban J connectivity index is 2.43. The van der Waals surface area contributed by atoms with Crippen LogP contribution in [0, 0.1) is 0 Å². The first-order chi connectivity index (χ1) is 9.41. The monoisotopic (exact) mass is 293 g/mol. The van der Waals surface area contributed by atoms with Crippen molar-refractivity contribution in [2.45, 2.75) is 4.90 Å². The molecule has 7 heteroatoms. The van der Waals surface area contributed by atoms with Gasteiger partial charge in [-0.15, -0.1) is 0 Å². The Morgan fingerprint density at radius 2 is 1.80 bits per heavy atom. The number of nitrogens with one attached hydrogen (secondary N) is 1. The van der Waals surface area contributed by atoms with Gasteiger partial charge in [0.1, 0.15) is 5.75 Å². The van der Waals surface area contributed by atoms with E-state index < -0.39 is 10.0 Å². The third-order valence-corrected chi connectivity index (χ3v) is 3.64. The van der Waals surface area contributed by atoms with Crippen LogP contribution in [0.3, 0.4) is 0 Å². The Kier molecular flexibility index (Phi) is 3.82. The molecule has 0 aromatic heterocycles. The van der Waals surface area contributed by atoms with Crippen molar-refractivity contribution < 1.29 is 13.2 Å². The quantitative estimate of drug-likeness (QED) is 0.743. The van der Waals surface area contributed by atoms with Crippen molar-refractivity contribution in [1.29, 1.82) is 0 Å².